The highest BCUT2D eigenvalue weighted by molar-refractivity contribution is 7.14. The van der Waals surface area contributed by atoms with Crippen LogP contribution < -0.4 is 10.2 Å². The molecule has 4 rings (SSSR count). The van der Waals surface area contributed by atoms with E-state index in [1.165, 1.54) is 0 Å². The van der Waals surface area contributed by atoms with Gasteiger partial charge in [0.25, 0.3) is 0 Å². The third-order valence-electron chi connectivity index (χ3n) is 4.04. The van der Waals surface area contributed by atoms with Gasteiger partial charge in [-0.25, -0.2) is 4.98 Å². The number of benzene rings is 1. The third kappa shape index (κ3) is 3.94. The Morgan fingerprint density at radius 1 is 1.30 bits per heavy atom. The minimum atomic E-state index is 0.250. The molecular formula is C17H16N8OS. The molecule has 0 atom stereocenters. The molecule has 10 heteroatoms. The van der Waals surface area contributed by atoms with Crippen LogP contribution in [0, 0.1) is 11.3 Å². The van der Waals surface area contributed by atoms with E-state index < -0.39 is 0 Å². The standard InChI is InChI=1S/C17H16N8OS/c18-9-13(16-21-23-24-22-16)10-19-14-3-1-12(2-4-14)15-11-27-17(20-15)25-5-7-26-8-6-25/h1-4,10-11,19H,5-8H2,(H,21,22,23,24). The summed E-state index contributed by atoms with van der Waals surface area (Å²) in [6, 6.07) is 9.90. The Kier molecular flexibility index (Phi) is 5.04. The van der Waals surface area contributed by atoms with Crippen LogP contribution in [0.2, 0.25) is 0 Å². The number of aromatic amines is 1. The lowest BCUT2D eigenvalue weighted by Crippen LogP contribution is -2.36. The zero-order valence-electron chi connectivity index (χ0n) is 14.3. The van der Waals surface area contributed by atoms with Crippen LogP contribution in [0.1, 0.15) is 5.82 Å². The van der Waals surface area contributed by atoms with Gasteiger partial charge < -0.3 is 15.0 Å². The van der Waals surface area contributed by atoms with Crippen LogP contribution in [0.15, 0.2) is 35.8 Å². The third-order valence-corrected chi connectivity index (χ3v) is 4.95. The summed E-state index contributed by atoms with van der Waals surface area (Å²) >= 11 is 1.65. The highest BCUT2D eigenvalue weighted by atomic mass is 32.1. The second kappa shape index (κ2) is 7.94. The van der Waals surface area contributed by atoms with Crippen molar-refractivity contribution in [2.75, 3.05) is 36.5 Å². The van der Waals surface area contributed by atoms with E-state index >= 15 is 0 Å². The molecule has 1 aliphatic heterocycles. The second-order valence-corrected chi connectivity index (χ2v) is 6.58. The number of morpholine rings is 1. The fourth-order valence-electron chi connectivity index (χ4n) is 2.61. The van der Waals surface area contributed by atoms with Gasteiger partial charge in [0, 0.05) is 35.9 Å². The van der Waals surface area contributed by atoms with Crippen LogP contribution in [0.25, 0.3) is 16.8 Å². The number of H-pyrrole nitrogens is 1. The Morgan fingerprint density at radius 3 is 2.81 bits per heavy atom. The summed E-state index contributed by atoms with van der Waals surface area (Å²) in [5.41, 5.74) is 3.13. The summed E-state index contributed by atoms with van der Waals surface area (Å²) in [5.74, 6) is 0.250. The molecule has 0 spiro atoms. The molecule has 0 aliphatic carbocycles. The van der Waals surface area contributed by atoms with Crippen molar-refractivity contribution < 1.29 is 4.74 Å². The Balaban J connectivity index is 1.45. The van der Waals surface area contributed by atoms with Gasteiger partial charge in [-0.2, -0.15) is 10.5 Å². The van der Waals surface area contributed by atoms with Crippen molar-refractivity contribution in [3.05, 3.63) is 41.7 Å². The van der Waals surface area contributed by atoms with Crippen molar-refractivity contribution in [3.63, 3.8) is 0 Å². The zero-order valence-corrected chi connectivity index (χ0v) is 15.1. The molecule has 3 heterocycles. The first-order valence-corrected chi connectivity index (χ1v) is 9.21. The van der Waals surface area contributed by atoms with E-state index in [1.807, 2.05) is 30.3 Å². The SMILES string of the molecule is N#CC(=CNc1ccc(-c2csc(N3CCOCC3)n2)cc1)c1nn[nH]n1. The molecule has 0 saturated carbocycles. The van der Waals surface area contributed by atoms with Crippen molar-refractivity contribution in [1.82, 2.24) is 25.6 Å². The van der Waals surface area contributed by atoms with Gasteiger partial charge in [0.2, 0.25) is 5.82 Å². The molecule has 27 heavy (non-hydrogen) atoms. The Bertz CT molecular complexity index is 952. The van der Waals surface area contributed by atoms with Crippen molar-refractivity contribution >= 4 is 27.7 Å². The number of anilines is 2. The molecule has 3 aromatic rings. The minimum absolute atomic E-state index is 0.250. The van der Waals surface area contributed by atoms with Crippen LogP contribution in [0.5, 0.6) is 0 Å². The number of aromatic nitrogens is 5. The summed E-state index contributed by atoms with van der Waals surface area (Å²) in [7, 11) is 0. The van der Waals surface area contributed by atoms with Crippen molar-refractivity contribution in [2.45, 2.75) is 0 Å². The fraction of sp³-hybridized carbons (Fsp3) is 0.235. The minimum Gasteiger partial charge on any atom is -0.378 e. The Morgan fingerprint density at radius 2 is 2.11 bits per heavy atom. The number of nitriles is 1. The van der Waals surface area contributed by atoms with Crippen molar-refractivity contribution in [3.8, 4) is 17.3 Å². The maximum Gasteiger partial charge on any atom is 0.216 e. The lowest BCUT2D eigenvalue weighted by atomic mass is 10.1. The molecule has 0 amide bonds. The Hall–Kier alpha value is -3.29. The first-order chi connectivity index (χ1) is 13.3. The van der Waals surface area contributed by atoms with Crippen LogP contribution in [0.4, 0.5) is 10.8 Å². The van der Waals surface area contributed by atoms with Gasteiger partial charge >= 0.3 is 0 Å². The van der Waals surface area contributed by atoms with Crippen LogP contribution in [0.3, 0.4) is 0 Å². The lowest BCUT2D eigenvalue weighted by Gasteiger charge is -2.26. The summed E-state index contributed by atoms with van der Waals surface area (Å²) in [5, 5.41) is 28.7. The molecule has 0 bridgehead atoms. The van der Waals surface area contributed by atoms with Crippen LogP contribution in [-0.4, -0.2) is 51.9 Å². The van der Waals surface area contributed by atoms with Gasteiger partial charge in [-0.15, -0.1) is 21.5 Å². The number of hydrogen-bond donors (Lipinski definition) is 2. The molecule has 2 N–H and O–H groups in total. The predicted molar refractivity (Wildman–Crippen MR) is 102 cm³/mol. The summed E-state index contributed by atoms with van der Waals surface area (Å²) in [6.45, 7) is 3.25. The van der Waals surface area contributed by atoms with Gasteiger partial charge in [-0.3, -0.25) is 0 Å². The normalized spacial score (nSPS) is 14.8. The molecular weight excluding hydrogens is 364 g/mol. The largest absolute Gasteiger partial charge is 0.378 e. The molecule has 136 valence electrons. The fourth-order valence-corrected chi connectivity index (χ4v) is 3.50. The number of hydrogen-bond acceptors (Lipinski definition) is 9. The quantitative estimate of drug-likeness (QED) is 0.647. The van der Waals surface area contributed by atoms with Gasteiger partial charge in [0.05, 0.1) is 18.9 Å². The Labute approximate surface area is 159 Å². The molecule has 1 fully saturated rings. The second-order valence-electron chi connectivity index (χ2n) is 5.74. The summed E-state index contributed by atoms with van der Waals surface area (Å²) in [6.07, 6.45) is 1.55. The van der Waals surface area contributed by atoms with Crippen LogP contribution >= 0.6 is 11.3 Å². The van der Waals surface area contributed by atoms with Crippen LogP contribution in [-0.2, 0) is 4.74 Å². The van der Waals surface area contributed by atoms with Gasteiger partial charge in [-0.05, 0) is 17.3 Å². The van der Waals surface area contributed by atoms with E-state index in [9.17, 15) is 5.26 Å². The molecule has 1 aliphatic rings. The van der Waals surface area contributed by atoms with E-state index in [0.29, 0.717) is 5.57 Å². The number of nitrogens with one attached hydrogen (secondary N) is 2. The van der Waals surface area contributed by atoms with Gasteiger partial charge in [0.15, 0.2) is 5.13 Å². The van der Waals surface area contributed by atoms with Gasteiger partial charge in [-0.1, -0.05) is 12.1 Å². The number of ether oxygens (including phenoxy) is 1. The summed E-state index contributed by atoms with van der Waals surface area (Å²) < 4.78 is 5.39. The number of tetrazole rings is 1. The first kappa shape index (κ1) is 17.1. The summed E-state index contributed by atoms with van der Waals surface area (Å²) in [4.78, 5) is 6.99. The average molecular weight is 380 g/mol. The maximum atomic E-state index is 9.18. The monoisotopic (exact) mass is 380 g/mol. The molecule has 2 aromatic heterocycles. The molecule has 1 saturated heterocycles. The number of rotatable bonds is 5. The van der Waals surface area contributed by atoms with E-state index in [0.717, 1.165) is 48.4 Å². The van der Waals surface area contributed by atoms with E-state index in [2.05, 4.69) is 36.2 Å². The topological polar surface area (TPSA) is 116 Å². The molecule has 0 radical (unpaired) electrons. The smallest absolute Gasteiger partial charge is 0.216 e. The number of thiazole rings is 1. The average Bonchev–Trinajstić information content (AvgIpc) is 3.42. The highest BCUT2D eigenvalue weighted by Crippen LogP contribution is 2.28. The first-order valence-electron chi connectivity index (χ1n) is 8.33. The van der Waals surface area contributed by atoms with Crippen molar-refractivity contribution in [2.24, 2.45) is 0 Å². The highest BCUT2D eigenvalue weighted by Gasteiger charge is 2.15. The van der Waals surface area contributed by atoms with E-state index in [1.54, 1.807) is 17.5 Å². The lowest BCUT2D eigenvalue weighted by molar-refractivity contribution is 0.122. The molecule has 1 aromatic carbocycles. The van der Waals surface area contributed by atoms with E-state index in [-0.39, 0.29) is 5.82 Å². The maximum absolute atomic E-state index is 9.18. The number of nitrogens with zero attached hydrogens (tertiary/aromatic N) is 6. The van der Waals surface area contributed by atoms with E-state index in [4.69, 9.17) is 9.72 Å². The number of allylic oxidation sites excluding steroid dienone is 1. The predicted octanol–water partition coefficient (Wildman–Crippen LogP) is 2.14. The molecule has 9 nitrogen and oxygen atoms in total. The van der Waals surface area contributed by atoms with Crippen molar-refractivity contribution in [1.29, 1.82) is 5.26 Å². The van der Waals surface area contributed by atoms with Gasteiger partial charge in [0.1, 0.15) is 11.6 Å². The zero-order chi connectivity index (χ0) is 18.5. The molecule has 0 unspecified atom stereocenters.